The van der Waals surface area contributed by atoms with Gasteiger partial charge in [0.15, 0.2) is 0 Å². The molecular formula is C12H22N2O2. The highest BCUT2D eigenvalue weighted by Gasteiger charge is 2.42. The fourth-order valence-electron chi connectivity index (χ4n) is 2.42. The zero-order chi connectivity index (χ0) is 11.6. The van der Waals surface area contributed by atoms with Crippen LogP contribution in [0.5, 0.6) is 0 Å². The lowest BCUT2D eigenvalue weighted by Crippen LogP contribution is -2.36. The first-order valence-electron chi connectivity index (χ1n) is 6.25. The molecule has 0 radical (unpaired) electrons. The third-order valence-electron chi connectivity index (χ3n) is 3.84. The summed E-state index contributed by atoms with van der Waals surface area (Å²) < 4.78 is 5.40. The highest BCUT2D eigenvalue weighted by Crippen LogP contribution is 2.47. The van der Waals surface area contributed by atoms with Crippen molar-refractivity contribution in [3.8, 4) is 0 Å². The summed E-state index contributed by atoms with van der Waals surface area (Å²) in [6, 6.07) is 0. The highest BCUT2D eigenvalue weighted by atomic mass is 16.5. The van der Waals surface area contributed by atoms with E-state index in [9.17, 15) is 4.79 Å². The number of carbonyl (C=O) groups excluding carboxylic acids is 1. The van der Waals surface area contributed by atoms with E-state index in [4.69, 9.17) is 10.5 Å². The van der Waals surface area contributed by atoms with E-state index < -0.39 is 0 Å². The average Bonchev–Trinajstić information content (AvgIpc) is 2.89. The molecule has 2 fully saturated rings. The number of ether oxygens (including phenoxy) is 1. The molecule has 0 aromatic rings. The Labute approximate surface area is 96.9 Å². The van der Waals surface area contributed by atoms with E-state index in [2.05, 4.69) is 5.32 Å². The van der Waals surface area contributed by atoms with Gasteiger partial charge in [0.1, 0.15) is 0 Å². The van der Waals surface area contributed by atoms with Gasteiger partial charge in [0, 0.05) is 6.54 Å². The summed E-state index contributed by atoms with van der Waals surface area (Å²) in [6.45, 7) is 4.12. The van der Waals surface area contributed by atoms with Gasteiger partial charge in [0.25, 0.3) is 0 Å². The predicted molar refractivity (Wildman–Crippen MR) is 61.9 cm³/mol. The Hall–Kier alpha value is -0.610. The van der Waals surface area contributed by atoms with Crippen LogP contribution < -0.4 is 11.1 Å². The number of hydrogen-bond donors (Lipinski definition) is 2. The third kappa shape index (κ3) is 2.74. The van der Waals surface area contributed by atoms with Gasteiger partial charge >= 0.3 is 0 Å². The number of hydrogen-bond acceptors (Lipinski definition) is 3. The molecule has 1 saturated carbocycles. The number of nitrogens with two attached hydrogens (primary N) is 1. The molecule has 4 nitrogen and oxygen atoms in total. The molecule has 92 valence electrons. The molecule has 1 heterocycles. The van der Waals surface area contributed by atoms with Crippen LogP contribution in [0.4, 0.5) is 0 Å². The van der Waals surface area contributed by atoms with Crippen LogP contribution in [0.25, 0.3) is 0 Å². The lowest BCUT2D eigenvalue weighted by molar-refractivity contribution is -0.125. The molecule has 1 amide bonds. The van der Waals surface area contributed by atoms with Crippen LogP contribution in [0.2, 0.25) is 0 Å². The minimum Gasteiger partial charge on any atom is -0.378 e. The van der Waals surface area contributed by atoms with Crippen molar-refractivity contribution in [1.82, 2.24) is 5.32 Å². The van der Waals surface area contributed by atoms with Gasteiger partial charge in [-0.1, -0.05) is 0 Å². The maximum Gasteiger partial charge on any atom is 0.225 e. The second-order valence-corrected chi connectivity index (χ2v) is 5.33. The largest absolute Gasteiger partial charge is 0.378 e. The van der Waals surface area contributed by atoms with Gasteiger partial charge in [-0.25, -0.2) is 0 Å². The zero-order valence-electron chi connectivity index (χ0n) is 10.00. The molecule has 16 heavy (non-hydrogen) atoms. The smallest absolute Gasteiger partial charge is 0.225 e. The second kappa shape index (κ2) is 4.72. The highest BCUT2D eigenvalue weighted by molar-refractivity contribution is 5.79. The third-order valence-corrected chi connectivity index (χ3v) is 3.84. The normalized spacial score (nSPS) is 31.4. The van der Waals surface area contributed by atoms with Gasteiger partial charge < -0.3 is 15.8 Å². The number of rotatable bonds is 5. The van der Waals surface area contributed by atoms with Crippen molar-refractivity contribution in [3.63, 3.8) is 0 Å². The summed E-state index contributed by atoms with van der Waals surface area (Å²) in [7, 11) is 0. The second-order valence-electron chi connectivity index (χ2n) is 5.33. The molecule has 2 rings (SSSR count). The van der Waals surface area contributed by atoms with Crippen molar-refractivity contribution in [2.75, 3.05) is 19.7 Å². The SMILES string of the molecule is CC1CC(C(=O)NCC2(CCN)CC2)CO1. The first kappa shape index (κ1) is 11.9. The fraction of sp³-hybridized carbons (Fsp3) is 0.917. The van der Waals surface area contributed by atoms with Gasteiger partial charge in [0.2, 0.25) is 5.91 Å². The van der Waals surface area contributed by atoms with Gasteiger partial charge in [-0.2, -0.15) is 0 Å². The van der Waals surface area contributed by atoms with E-state index in [1.54, 1.807) is 0 Å². The van der Waals surface area contributed by atoms with Crippen molar-refractivity contribution in [2.24, 2.45) is 17.1 Å². The monoisotopic (exact) mass is 226 g/mol. The fourth-order valence-corrected chi connectivity index (χ4v) is 2.42. The van der Waals surface area contributed by atoms with Gasteiger partial charge in [-0.3, -0.25) is 4.79 Å². The predicted octanol–water partition coefficient (Wildman–Crippen LogP) is 0.657. The number of nitrogens with one attached hydrogen (secondary N) is 1. The molecule has 2 unspecified atom stereocenters. The van der Waals surface area contributed by atoms with E-state index in [-0.39, 0.29) is 17.9 Å². The summed E-state index contributed by atoms with van der Waals surface area (Å²) in [5, 5.41) is 3.06. The average molecular weight is 226 g/mol. The molecule has 4 heteroatoms. The standard InChI is InChI=1S/C12H22N2O2/c1-9-6-10(7-16-9)11(15)14-8-12(2-3-12)4-5-13/h9-10H,2-8,13H2,1H3,(H,14,15). The van der Waals surface area contributed by atoms with Crippen molar-refractivity contribution in [1.29, 1.82) is 0 Å². The summed E-state index contributed by atoms with van der Waals surface area (Å²) in [4.78, 5) is 11.8. The Bertz CT molecular complexity index is 264. The molecule has 2 atom stereocenters. The molecule has 0 aromatic carbocycles. The van der Waals surface area contributed by atoms with Gasteiger partial charge in [0.05, 0.1) is 18.6 Å². The minimum absolute atomic E-state index is 0.0590. The molecular weight excluding hydrogens is 204 g/mol. The topological polar surface area (TPSA) is 64.4 Å². The maximum atomic E-state index is 11.8. The Balaban J connectivity index is 1.72. The summed E-state index contributed by atoms with van der Waals surface area (Å²) >= 11 is 0. The number of amides is 1. The molecule has 3 N–H and O–H groups in total. The zero-order valence-corrected chi connectivity index (χ0v) is 10.00. The lowest BCUT2D eigenvalue weighted by atomic mass is 10.0. The Morgan fingerprint density at radius 2 is 2.31 bits per heavy atom. The lowest BCUT2D eigenvalue weighted by Gasteiger charge is -2.16. The molecule has 0 spiro atoms. The van der Waals surface area contributed by atoms with E-state index in [0.717, 1.165) is 25.9 Å². The Morgan fingerprint density at radius 3 is 2.81 bits per heavy atom. The molecule has 1 aliphatic heterocycles. The first-order valence-corrected chi connectivity index (χ1v) is 6.25. The van der Waals surface area contributed by atoms with Crippen molar-refractivity contribution < 1.29 is 9.53 Å². The van der Waals surface area contributed by atoms with Crippen LogP contribution in [0.15, 0.2) is 0 Å². The minimum atomic E-state index is 0.0590. The summed E-state index contributed by atoms with van der Waals surface area (Å²) in [6.07, 6.45) is 4.54. The van der Waals surface area contributed by atoms with Gasteiger partial charge in [-0.15, -0.1) is 0 Å². The van der Waals surface area contributed by atoms with Crippen LogP contribution in [0, 0.1) is 11.3 Å². The van der Waals surface area contributed by atoms with E-state index in [1.165, 1.54) is 12.8 Å². The summed E-state index contributed by atoms with van der Waals surface area (Å²) in [5.41, 5.74) is 5.90. The van der Waals surface area contributed by atoms with Crippen molar-refractivity contribution >= 4 is 5.91 Å². The van der Waals surface area contributed by atoms with Crippen LogP contribution in [-0.2, 0) is 9.53 Å². The molecule has 1 aliphatic carbocycles. The van der Waals surface area contributed by atoms with Crippen molar-refractivity contribution in [2.45, 2.75) is 38.7 Å². The molecule has 2 aliphatic rings. The maximum absolute atomic E-state index is 11.8. The quantitative estimate of drug-likeness (QED) is 0.723. The van der Waals surface area contributed by atoms with Crippen LogP contribution in [-0.4, -0.2) is 31.7 Å². The van der Waals surface area contributed by atoms with Gasteiger partial charge in [-0.05, 0) is 44.6 Å². The number of carbonyl (C=O) groups is 1. The molecule has 0 bridgehead atoms. The molecule has 1 saturated heterocycles. The Morgan fingerprint density at radius 1 is 1.56 bits per heavy atom. The van der Waals surface area contributed by atoms with Crippen LogP contribution in [0.3, 0.4) is 0 Å². The first-order chi connectivity index (χ1) is 7.65. The van der Waals surface area contributed by atoms with Crippen molar-refractivity contribution in [3.05, 3.63) is 0 Å². The van der Waals surface area contributed by atoms with Crippen LogP contribution in [0.1, 0.15) is 32.6 Å². The van der Waals surface area contributed by atoms with E-state index in [1.807, 2.05) is 6.92 Å². The Kier molecular flexibility index (Phi) is 3.50. The molecule has 0 aromatic heterocycles. The summed E-state index contributed by atoms with van der Waals surface area (Å²) in [5.74, 6) is 0.219. The van der Waals surface area contributed by atoms with E-state index in [0.29, 0.717) is 12.0 Å². The van der Waals surface area contributed by atoms with Crippen LogP contribution >= 0.6 is 0 Å². The van der Waals surface area contributed by atoms with E-state index >= 15 is 0 Å².